The second kappa shape index (κ2) is 12.3. The van der Waals surface area contributed by atoms with E-state index in [-0.39, 0.29) is 43.6 Å². The first-order valence-corrected chi connectivity index (χ1v) is 14.0. The van der Waals surface area contributed by atoms with E-state index in [0.717, 1.165) is 11.8 Å². The molecule has 7 nitrogen and oxygen atoms in total. The maximum atomic E-state index is 13.4. The highest BCUT2D eigenvalue weighted by molar-refractivity contribution is 7.92. The van der Waals surface area contributed by atoms with Crippen molar-refractivity contribution in [2.24, 2.45) is 0 Å². The van der Waals surface area contributed by atoms with Crippen LogP contribution in [-0.2, 0) is 26.2 Å². The number of benzene rings is 2. The lowest BCUT2D eigenvalue weighted by atomic mass is 10.0. The first-order valence-electron chi connectivity index (χ1n) is 12.1. The second-order valence-corrected chi connectivity index (χ2v) is 11.9. The van der Waals surface area contributed by atoms with Gasteiger partial charge in [-0.15, -0.1) is 0 Å². The van der Waals surface area contributed by atoms with Crippen LogP contribution in [0.15, 0.2) is 48.5 Å². The predicted octanol–water partition coefficient (Wildman–Crippen LogP) is 4.40. The Hall–Kier alpha value is -2.94. The largest absolute Gasteiger partial charge is 0.350 e. The molecule has 0 unspecified atom stereocenters. The molecular formula is C27H38FN3O4S. The van der Waals surface area contributed by atoms with Crippen molar-refractivity contribution in [3.63, 3.8) is 0 Å². The Bertz CT molecular complexity index is 1140. The molecular weight excluding hydrogens is 481 g/mol. The Labute approximate surface area is 214 Å². The fourth-order valence-corrected chi connectivity index (χ4v) is 5.01. The highest BCUT2D eigenvalue weighted by Crippen LogP contribution is 2.23. The Kier molecular flexibility index (Phi) is 10.0. The molecule has 2 aromatic carbocycles. The molecule has 0 aliphatic carbocycles. The van der Waals surface area contributed by atoms with Gasteiger partial charge in [-0.25, -0.2) is 12.8 Å². The molecule has 1 atom stereocenters. The van der Waals surface area contributed by atoms with Gasteiger partial charge in [0, 0.05) is 25.0 Å². The molecule has 2 rings (SSSR count). The van der Waals surface area contributed by atoms with E-state index in [9.17, 15) is 22.4 Å². The van der Waals surface area contributed by atoms with Gasteiger partial charge < -0.3 is 10.2 Å². The third kappa shape index (κ3) is 8.62. The zero-order valence-corrected chi connectivity index (χ0v) is 22.9. The minimum atomic E-state index is -3.56. The molecule has 0 bridgehead atoms. The van der Waals surface area contributed by atoms with E-state index in [2.05, 4.69) is 5.32 Å². The van der Waals surface area contributed by atoms with Gasteiger partial charge in [0.25, 0.3) is 0 Å². The van der Waals surface area contributed by atoms with E-state index >= 15 is 0 Å². The lowest BCUT2D eigenvalue weighted by Crippen LogP contribution is -2.53. The summed E-state index contributed by atoms with van der Waals surface area (Å²) in [5.74, 6) is -0.919. The van der Waals surface area contributed by atoms with Gasteiger partial charge in [-0.1, -0.05) is 37.3 Å². The molecule has 0 aliphatic rings. The number of hydrogen-bond donors (Lipinski definition) is 1. The maximum absolute atomic E-state index is 13.4. The van der Waals surface area contributed by atoms with Crippen molar-refractivity contribution < 1.29 is 22.4 Å². The highest BCUT2D eigenvalue weighted by atomic mass is 32.2. The number of rotatable bonds is 11. The Morgan fingerprint density at radius 1 is 1.06 bits per heavy atom. The smallest absolute Gasteiger partial charge is 0.243 e. The average molecular weight is 520 g/mol. The van der Waals surface area contributed by atoms with Crippen LogP contribution in [0.4, 0.5) is 10.1 Å². The molecule has 0 radical (unpaired) electrons. The molecule has 2 amide bonds. The van der Waals surface area contributed by atoms with E-state index in [4.69, 9.17) is 0 Å². The van der Waals surface area contributed by atoms with E-state index in [0.29, 0.717) is 17.7 Å². The third-order valence-electron chi connectivity index (χ3n) is 5.69. The van der Waals surface area contributed by atoms with Gasteiger partial charge in [0.2, 0.25) is 21.8 Å². The molecule has 0 aliphatic heterocycles. The maximum Gasteiger partial charge on any atom is 0.243 e. The number of nitrogens with one attached hydrogen (secondary N) is 1. The van der Waals surface area contributed by atoms with Gasteiger partial charge in [0.05, 0.1) is 11.9 Å². The summed E-state index contributed by atoms with van der Waals surface area (Å²) in [7, 11) is -3.56. The monoisotopic (exact) mass is 519 g/mol. The van der Waals surface area contributed by atoms with Crippen molar-refractivity contribution in [1.82, 2.24) is 10.2 Å². The molecule has 198 valence electrons. The van der Waals surface area contributed by atoms with Crippen molar-refractivity contribution in [2.75, 3.05) is 17.1 Å². The molecule has 2 aromatic rings. The zero-order chi connectivity index (χ0) is 27.1. The summed E-state index contributed by atoms with van der Waals surface area (Å²) in [6.45, 7) is 9.55. The molecule has 1 N–H and O–H groups in total. The minimum absolute atomic E-state index is 0.0540. The lowest BCUT2D eigenvalue weighted by molar-refractivity contribution is -0.142. The number of para-hydroxylation sites is 1. The van der Waals surface area contributed by atoms with Crippen molar-refractivity contribution in [2.45, 2.75) is 72.0 Å². The average Bonchev–Trinajstić information content (AvgIpc) is 2.76. The van der Waals surface area contributed by atoms with Crippen LogP contribution in [0.2, 0.25) is 0 Å². The molecule has 36 heavy (non-hydrogen) atoms. The van der Waals surface area contributed by atoms with Crippen LogP contribution < -0.4 is 9.62 Å². The topological polar surface area (TPSA) is 86.8 Å². The molecule has 0 spiro atoms. The number of amides is 2. The third-order valence-corrected chi connectivity index (χ3v) is 6.87. The fraction of sp³-hybridized carbons (Fsp3) is 0.481. The summed E-state index contributed by atoms with van der Waals surface area (Å²) < 4.78 is 39.7. The summed E-state index contributed by atoms with van der Waals surface area (Å²) in [6, 6.07) is 12.3. The summed E-state index contributed by atoms with van der Waals surface area (Å²) in [6.07, 6.45) is 1.87. The summed E-state index contributed by atoms with van der Waals surface area (Å²) in [4.78, 5) is 28.0. The molecule has 9 heteroatoms. The Morgan fingerprint density at radius 3 is 2.19 bits per heavy atom. The Balaban J connectivity index is 2.24. The number of nitrogens with zero attached hydrogens (tertiary/aromatic N) is 2. The van der Waals surface area contributed by atoms with E-state index in [1.165, 1.54) is 21.3 Å². The number of anilines is 1. The first-order chi connectivity index (χ1) is 16.7. The van der Waals surface area contributed by atoms with Crippen LogP contribution in [-0.4, -0.2) is 49.5 Å². The van der Waals surface area contributed by atoms with Crippen LogP contribution in [0.25, 0.3) is 0 Å². The zero-order valence-electron chi connectivity index (χ0n) is 22.0. The number of hydrogen-bond acceptors (Lipinski definition) is 4. The van der Waals surface area contributed by atoms with Crippen LogP contribution in [0.5, 0.6) is 0 Å². The van der Waals surface area contributed by atoms with Gasteiger partial charge in [-0.3, -0.25) is 13.9 Å². The minimum Gasteiger partial charge on any atom is -0.350 e. The molecule has 0 heterocycles. The number of carbonyl (C=O) groups excluding carboxylic acids is 2. The quantitative estimate of drug-likeness (QED) is 0.477. The van der Waals surface area contributed by atoms with Gasteiger partial charge in [0.15, 0.2) is 0 Å². The standard InChI is InChI=1S/C27H38FN3O4S/c1-7-23(26(33)29-27(3,4)5)30(19-21-14-16-22(28)17-15-21)25(32)13-10-18-31(36(6,34)35)24-12-9-8-11-20(24)2/h8-9,11-12,14-17,23H,7,10,13,18-19H2,1-6H3,(H,29,33)/t23-/m0/s1. The fourth-order valence-electron chi connectivity index (χ4n) is 3.98. The summed E-state index contributed by atoms with van der Waals surface area (Å²) in [5, 5.41) is 2.94. The van der Waals surface area contributed by atoms with Gasteiger partial charge >= 0.3 is 0 Å². The first kappa shape index (κ1) is 29.3. The number of sulfonamides is 1. The summed E-state index contributed by atoms with van der Waals surface area (Å²) in [5.41, 5.74) is 1.62. The Morgan fingerprint density at radius 2 is 1.67 bits per heavy atom. The highest BCUT2D eigenvalue weighted by Gasteiger charge is 2.30. The van der Waals surface area contributed by atoms with Crippen LogP contribution >= 0.6 is 0 Å². The molecule has 0 saturated heterocycles. The molecule has 0 saturated carbocycles. The van der Waals surface area contributed by atoms with Crippen molar-refractivity contribution in [3.05, 3.63) is 65.5 Å². The summed E-state index contributed by atoms with van der Waals surface area (Å²) >= 11 is 0. The van der Waals surface area contributed by atoms with E-state index in [1.807, 2.05) is 46.8 Å². The SMILES string of the molecule is CC[C@@H](C(=O)NC(C)(C)C)N(Cc1ccc(F)cc1)C(=O)CCCN(c1ccccc1C)S(C)(=O)=O. The lowest BCUT2D eigenvalue weighted by Gasteiger charge is -2.33. The normalized spacial score (nSPS) is 12.6. The predicted molar refractivity (Wildman–Crippen MR) is 142 cm³/mol. The van der Waals surface area contributed by atoms with Crippen molar-refractivity contribution >= 4 is 27.5 Å². The number of halogens is 1. The van der Waals surface area contributed by atoms with Crippen LogP contribution in [0, 0.1) is 12.7 Å². The molecule has 0 fully saturated rings. The van der Waals surface area contributed by atoms with Crippen molar-refractivity contribution in [1.29, 1.82) is 0 Å². The van der Waals surface area contributed by atoms with Gasteiger partial charge in [-0.2, -0.15) is 0 Å². The van der Waals surface area contributed by atoms with E-state index < -0.39 is 21.6 Å². The van der Waals surface area contributed by atoms with Crippen LogP contribution in [0.3, 0.4) is 0 Å². The number of aryl methyl sites for hydroxylation is 1. The van der Waals surface area contributed by atoms with Crippen LogP contribution in [0.1, 0.15) is 58.1 Å². The number of carbonyl (C=O) groups is 2. The van der Waals surface area contributed by atoms with Crippen molar-refractivity contribution in [3.8, 4) is 0 Å². The van der Waals surface area contributed by atoms with Gasteiger partial charge in [0.1, 0.15) is 11.9 Å². The molecule has 0 aromatic heterocycles. The second-order valence-electron chi connectivity index (χ2n) is 10.0. The van der Waals surface area contributed by atoms with E-state index in [1.54, 1.807) is 24.3 Å². The van der Waals surface area contributed by atoms with Gasteiger partial charge in [-0.05, 0) is 69.9 Å².